The van der Waals surface area contributed by atoms with Crippen LogP contribution < -0.4 is 9.46 Å². The van der Waals surface area contributed by atoms with Gasteiger partial charge in [-0.25, -0.2) is 18.1 Å². The van der Waals surface area contributed by atoms with Crippen LogP contribution in [0, 0.1) is 31.0 Å². The van der Waals surface area contributed by atoms with Crippen LogP contribution in [0.5, 0.6) is 5.88 Å². The fourth-order valence-electron chi connectivity index (χ4n) is 7.67. The number of carbonyl (C=O) groups is 1. The summed E-state index contributed by atoms with van der Waals surface area (Å²) in [4.78, 5) is 27.3. The quantitative estimate of drug-likeness (QED) is 0.332. The van der Waals surface area contributed by atoms with Crippen molar-refractivity contribution in [2.45, 2.75) is 76.8 Å². The van der Waals surface area contributed by atoms with E-state index in [1.165, 1.54) is 12.1 Å². The number of aromatic nitrogens is 2. The highest BCUT2D eigenvalue weighted by molar-refractivity contribution is 7.92. The van der Waals surface area contributed by atoms with Crippen molar-refractivity contribution in [2.75, 3.05) is 44.7 Å². The molecule has 258 valence electrons. The van der Waals surface area contributed by atoms with Gasteiger partial charge in [-0.2, -0.15) is 9.37 Å². The average molecular weight is 680 g/mol. The summed E-state index contributed by atoms with van der Waals surface area (Å²) in [6.45, 7) is 11.5. The second-order valence-corrected chi connectivity index (χ2v) is 15.8. The van der Waals surface area contributed by atoms with Crippen LogP contribution in [-0.2, 0) is 14.8 Å². The summed E-state index contributed by atoms with van der Waals surface area (Å²) in [5, 5.41) is 0. The minimum absolute atomic E-state index is 0.00970. The van der Waals surface area contributed by atoms with Gasteiger partial charge < -0.3 is 19.3 Å². The van der Waals surface area contributed by atoms with E-state index in [1.807, 2.05) is 36.9 Å². The minimum Gasteiger partial charge on any atom is -0.473 e. The molecular weight excluding hydrogens is 633 g/mol. The second-order valence-electron chi connectivity index (χ2n) is 14.1. The third-order valence-corrected chi connectivity index (χ3v) is 11.5. The van der Waals surface area contributed by atoms with Crippen LogP contribution >= 0.6 is 0 Å². The normalized spacial score (nSPS) is 21.1. The maximum atomic E-state index is 16.3. The molecule has 0 radical (unpaired) electrons. The van der Waals surface area contributed by atoms with Crippen LogP contribution in [-0.4, -0.2) is 86.1 Å². The number of amides is 1. The first-order chi connectivity index (χ1) is 22.9. The Morgan fingerprint density at radius 1 is 1.08 bits per heavy atom. The number of rotatable bonds is 7. The Hall–Kier alpha value is -3.61. The van der Waals surface area contributed by atoms with Crippen LogP contribution in [0.3, 0.4) is 0 Å². The van der Waals surface area contributed by atoms with E-state index in [1.54, 1.807) is 19.2 Å². The van der Waals surface area contributed by atoms with Crippen molar-refractivity contribution in [2.24, 2.45) is 11.3 Å². The van der Waals surface area contributed by atoms with E-state index in [2.05, 4.69) is 33.4 Å². The smallest absolute Gasteiger partial charge is 0.264 e. The Kier molecular flexibility index (Phi) is 9.79. The summed E-state index contributed by atoms with van der Waals surface area (Å²) >= 11 is 0. The van der Waals surface area contributed by atoms with Crippen molar-refractivity contribution in [1.82, 2.24) is 19.8 Å². The zero-order valence-corrected chi connectivity index (χ0v) is 29.3. The molecule has 4 bridgehead atoms. The maximum absolute atomic E-state index is 16.3. The monoisotopic (exact) mass is 679 g/mol. The molecular formula is C36H46FN5O5S. The van der Waals surface area contributed by atoms with Crippen LogP contribution in [0.1, 0.15) is 67.4 Å². The van der Waals surface area contributed by atoms with E-state index in [-0.39, 0.29) is 57.9 Å². The third-order valence-electron chi connectivity index (χ3n) is 10.2. The molecule has 1 aliphatic carbocycles. The van der Waals surface area contributed by atoms with Crippen LogP contribution in [0.4, 0.5) is 10.3 Å². The molecule has 2 aromatic carbocycles. The third kappa shape index (κ3) is 6.93. The number of benzene rings is 2. The molecule has 3 aromatic rings. The van der Waals surface area contributed by atoms with Gasteiger partial charge in [-0.05, 0) is 99.7 Å². The van der Waals surface area contributed by atoms with Gasteiger partial charge in [-0.15, -0.1) is 0 Å². The lowest BCUT2D eigenvalue weighted by molar-refractivity contribution is -0.0546. The van der Waals surface area contributed by atoms with E-state index in [4.69, 9.17) is 9.47 Å². The van der Waals surface area contributed by atoms with Crippen LogP contribution in [0.15, 0.2) is 47.4 Å². The maximum Gasteiger partial charge on any atom is 0.264 e. The summed E-state index contributed by atoms with van der Waals surface area (Å²) in [6.07, 6.45) is 4.42. The lowest BCUT2D eigenvalue weighted by Gasteiger charge is -2.56. The van der Waals surface area contributed by atoms with Crippen molar-refractivity contribution in [3.05, 3.63) is 65.0 Å². The van der Waals surface area contributed by atoms with Gasteiger partial charge >= 0.3 is 0 Å². The average Bonchev–Trinajstić information content (AvgIpc) is 3.03. The molecule has 12 heteroatoms. The Bertz CT molecular complexity index is 1750. The molecule has 1 aromatic heterocycles. The van der Waals surface area contributed by atoms with Crippen molar-refractivity contribution in [1.29, 1.82) is 0 Å². The number of hydrogen-bond acceptors (Lipinski definition) is 8. The van der Waals surface area contributed by atoms with Gasteiger partial charge in [0.25, 0.3) is 21.8 Å². The highest BCUT2D eigenvalue weighted by atomic mass is 32.2. The standard InChI is InChI=1S/C36H46FN5O5S/c1-23(2)18-27-22-47-33-31(37)32(30-24(3)8-6-9-25(30)4)38-35(39-33)40-48(44,45)29-11-7-10-26(19-29)34(43)42(27)28-20-36(21-28)12-14-41(15-13-36)16-17-46-5/h6-11,19,23,27-28H,12-18,20-22H2,1-5H3,(H,38,39,40)/t27-/m1/s1. The summed E-state index contributed by atoms with van der Waals surface area (Å²) in [6, 6.07) is 11.2. The Morgan fingerprint density at radius 3 is 2.44 bits per heavy atom. The van der Waals surface area contributed by atoms with Crippen LogP contribution in [0.2, 0.25) is 0 Å². The number of likely N-dealkylation sites (tertiary alicyclic amines) is 1. The van der Waals surface area contributed by atoms with E-state index in [0.717, 1.165) is 56.4 Å². The molecule has 10 nitrogen and oxygen atoms in total. The molecule has 1 spiro atoms. The molecule has 48 heavy (non-hydrogen) atoms. The molecule has 1 amide bonds. The molecule has 2 aliphatic heterocycles. The molecule has 1 atom stereocenters. The number of fused-ring (bicyclic) bond motifs is 4. The van der Waals surface area contributed by atoms with Gasteiger partial charge in [-0.1, -0.05) is 38.1 Å². The number of nitrogens with one attached hydrogen (secondary N) is 1. The van der Waals surface area contributed by atoms with Gasteiger partial charge in [0.05, 0.1) is 17.5 Å². The highest BCUT2D eigenvalue weighted by Crippen LogP contribution is 2.52. The van der Waals surface area contributed by atoms with E-state index < -0.39 is 21.9 Å². The molecule has 0 unspecified atom stereocenters. The molecule has 1 N–H and O–H groups in total. The fraction of sp³-hybridized carbons (Fsp3) is 0.528. The second kappa shape index (κ2) is 13.7. The van der Waals surface area contributed by atoms with Gasteiger partial charge in [0, 0.05) is 30.8 Å². The van der Waals surface area contributed by atoms with Gasteiger partial charge in [-0.3, -0.25) is 4.79 Å². The number of nitrogens with zero attached hydrogens (tertiary/aromatic N) is 4. The van der Waals surface area contributed by atoms with Gasteiger partial charge in [0.15, 0.2) is 0 Å². The fourth-order valence-corrected chi connectivity index (χ4v) is 8.66. The van der Waals surface area contributed by atoms with Crippen molar-refractivity contribution in [3.8, 4) is 17.1 Å². The molecule has 1 saturated heterocycles. The first kappa shape index (κ1) is 34.3. The number of halogens is 1. The zero-order chi connectivity index (χ0) is 34.2. The van der Waals surface area contributed by atoms with Gasteiger partial charge in [0.2, 0.25) is 11.8 Å². The number of ether oxygens (including phenoxy) is 2. The van der Waals surface area contributed by atoms with Crippen molar-refractivity contribution >= 4 is 21.9 Å². The zero-order valence-electron chi connectivity index (χ0n) is 28.5. The van der Waals surface area contributed by atoms with Crippen LogP contribution in [0.25, 0.3) is 11.3 Å². The van der Waals surface area contributed by atoms with E-state index in [0.29, 0.717) is 18.6 Å². The van der Waals surface area contributed by atoms with Crippen molar-refractivity contribution < 1.29 is 27.1 Å². The SMILES string of the molecule is COCCN1CCC2(CC1)CC(N1C(=O)c3cccc(c3)S(=O)(=O)Nc3nc(c(F)c(-c4c(C)cccc4C)n3)OC[C@H]1CC(C)C)C2. The number of methoxy groups -OCH3 is 1. The number of hydrogen-bond donors (Lipinski definition) is 1. The number of anilines is 1. The number of carbonyl (C=O) groups excluding carboxylic acids is 1. The van der Waals surface area contributed by atoms with E-state index in [9.17, 15) is 13.2 Å². The molecule has 6 rings (SSSR count). The minimum atomic E-state index is -4.25. The lowest BCUT2D eigenvalue weighted by atomic mass is 9.59. The topological polar surface area (TPSA) is 114 Å². The number of aryl methyl sites for hydroxylation is 2. The predicted molar refractivity (Wildman–Crippen MR) is 182 cm³/mol. The summed E-state index contributed by atoms with van der Waals surface area (Å²) in [7, 11) is -2.53. The van der Waals surface area contributed by atoms with Crippen molar-refractivity contribution in [3.63, 3.8) is 0 Å². The molecule has 1 saturated carbocycles. The lowest BCUT2D eigenvalue weighted by Crippen LogP contribution is -2.60. The predicted octanol–water partition coefficient (Wildman–Crippen LogP) is 5.84. The highest BCUT2D eigenvalue weighted by Gasteiger charge is 2.50. The summed E-state index contributed by atoms with van der Waals surface area (Å²) in [5.74, 6) is -1.51. The van der Waals surface area contributed by atoms with E-state index >= 15 is 4.39 Å². The Morgan fingerprint density at radius 2 is 1.77 bits per heavy atom. The summed E-state index contributed by atoms with van der Waals surface area (Å²) < 4.78 is 57.6. The molecule has 2 fully saturated rings. The van der Waals surface area contributed by atoms with Gasteiger partial charge in [0.1, 0.15) is 12.3 Å². The summed E-state index contributed by atoms with van der Waals surface area (Å²) in [5.41, 5.74) is 2.46. The number of piperidine rings is 1. The first-order valence-electron chi connectivity index (χ1n) is 16.8. The Balaban J connectivity index is 1.40. The molecule has 3 heterocycles. The Labute approximate surface area is 283 Å². The molecule has 3 aliphatic rings. The first-order valence-corrected chi connectivity index (χ1v) is 18.3. The number of sulfonamides is 1. The largest absolute Gasteiger partial charge is 0.473 e.